The Labute approximate surface area is 194 Å². The number of fused-ring (bicyclic) bond motifs is 3. The second-order valence-corrected chi connectivity index (χ2v) is 9.49. The fourth-order valence-electron chi connectivity index (χ4n) is 6.77. The highest BCUT2D eigenvalue weighted by molar-refractivity contribution is 6.38. The second-order valence-electron chi connectivity index (χ2n) is 9.49. The van der Waals surface area contributed by atoms with Gasteiger partial charge >= 0.3 is 0 Å². The van der Waals surface area contributed by atoms with Gasteiger partial charge in [0.25, 0.3) is 0 Å². The SMILES string of the molecule is O=C1C(c2ccccc2)=C(c2ccccc2)C2c3cccc4cccc(c34)C12N1CCCC1. The first-order chi connectivity index (χ1) is 16.3. The zero-order valence-corrected chi connectivity index (χ0v) is 18.5. The molecule has 1 heterocycles. The molecule has 4 aromatic carbocycles. The van der Waals surface area contributed by atoms with E-state index >= 15 is 0 Å². The van der Waals surface area contributed by atoms with Gasteiger partial charge in [0.05, 0.1) is 0 Å². The highest BCUT2D eigenvalue weighted by atomic mass is 16.1. The predicted molar refractivity (Wildman–Crippen MR) is 134 cm³/mol. The van der Waals surface area contributed by atoms with Crippen molar-refractivity contribution in [3.63, 3.8) is 0 Å². The molecule has 1 saturated heterocycles. The largest absolute Gasteiger partial charge is 0.292 e. The first-order valence-electron chi connectivity index (χ1n) is 12.0. The maximum absolute atomic E-state index is 14.9. The third kappa shape index (κ3) is 2.39. The predicted octanol–water partition coefficient (Wildman–Crippen LogP) is 6.42. The van der Waals surface area contributed by atoms with Crippen LogP contribution in [0.25, 0.3) is 21.9 Å². The molecular formula is C31H25NO. The van der Waals surface area contributed by atoms with Crippen LogP contribution in [0.15, 0.2) is 97.1 Å². The number of rotatable bonds is 3. The topological polar surface area (TPSA) is 20.3 Å². The Morgan fingerprint density at radius 1 is 0.697 bits per heavy atom. The van der Waals surface area contributed by atoms with E-state index in [2.05, 4.69) is 83.8 Å². The van der Waals surface area contributed by atoms with Crippen molar-refractivity contribution < 1.29 is 4.79 Å². The number of nitrogens with zero attached hydrogens (tertiary/aromatic N) is 1. The molecule has 0 N–H and O–H groups in total. The van der Waals surface area contributed by atoms with Crippen molar-refractivity contribution >= 4 is 27.7 Å². The Bertz CT molecular complexity index is 1420. The quantitative estimate of drug-likeness (QED) is 0.376. The van der Waals surface area contributed by atoms with Crippen LogP contribution in [-0.2, 0) is 10.3 Å². The summed E-state index contributed by atoms with van der Waals surface area (Å²) in [5.74, 6) is 0.268. The molecular weight excluding hydrogens is 402 g/mol. The fourth-order valence-corrected chi connectivity index (χ4v) is 6.77. The summed E-state index contributed by atoms with van der Waals surface area (Å²) in [5.41, 5.74) is 6.10. The van der Waals surface area contributed by atoms with Crippen molar-refractivity contribution in [1.82, 2.24) is 4.90 Å². The van der Waals surface area contributed by atoms with Crippen molar-refractivity contribution in [2.24, 2.45) is 0 Å². The molecule has 0 amide bonds. The molecule has 2 unspecified atom stereocenters. The average Bonchev–Trinajstić information content (AvgIpc) is 3.56. The van der Waals surface area contributed by atoms with Gasteiger partial charge in [-0.05, 0) is 64.5 Å². The molecule has 3 aliphatic rings. The number of carbonyl (C=O) groups is 1. The first kappa shape index (κ1) is 19.0. The van der Waals surface area contributed by atoms with Crippen LogP contribution in [0.1, 0.15) is 41.0 Å². The smallest absolute Gasteiger partial charge is 0.189 e. The summed E-state index contributed by atoms with van der Waals surface area (Å²) in [7, 11) is 0. The number of likely N-dealkylation sites (tertiary alicyclic amines) is 1. The lowest BCUT2D eigenvalue weighted by Gasteiger charge is -2.40. The average molecular weight is 428 g/mol. The Hall–Kier alpha value is -3.49. The molecule has 2 atom stereocenters. The van der Waals surface area contributed by atoms with Gasteiger partial charge in [-0.1, -0.05) is 97.1 Å². The van der Waals surface area contributed by atoms with E-state index in [1.54, 1.807) is 0 Å². The third-order valence-electron chi connectivity index (χ3n) is 7.96. The summed E-state index contributed by atoms with van der Waals surface area (Å²) >= 11 is 0. The summed E-state index contributed by atoms with van der Waals surface area (Å²) in [5, 5.41) is 2.52. The second kappa shape index (κ2) is 7.00. The minimum Gasteiger partial charge on any atom is -0.292 e. The van der Waals surface area contributed by atoms with E-state index in [4.69, 9.17) is 0 Å². The zero-order chi connectivity index (χ0) is 22.0. The van der Waals surface area contributed by atoms with Crippen LogP contribution < -0.4 is 0 Å². The standard InChI is InChI=1S/C31H25NO/c33-30-28(23-13-5-2-6-14-23)27(22-11-3-1-4-12-22)29-24-17-9-15-21-16-10-18-25(26(21)24)31(29,30)32-19-7-8-20-32/h1-6,9-18,29H,7-8,19-20H2. The Morgan fingerprint density at radius 3 is 2.03 bits per heavy atom. The molecule has 0 radical (unpaired) electrons. The third-order valence-corrected chi connectivity index (χ3v) is 7.96. The van der Waals surface area contributed by atoms with Crippen LogP contribution in [0.4, 0.5) is 0 Å². The Morgan fingerprint density at radius 2 is 1.33 bits per heavy atom. The van der Waals surface area contributed by atoms with Crippen molar-refractivity contribution in [1.29, 1.82) is 0 Å². The van der Waals surface area contributed by atoms with Gasteiger partial charge in [0, 0.05) is 11.5 Å². The lowest BCUT2D eigenvalue weighted by molar-refractivity contribution is -0.124. The molecule has 0 aromatic heterocycles. The van der Waals surface area contributed by atoms with Gasteiger partial charge in [-0.25, -0.2) is 0 Å². The van der Waals surface area contributed by atoms with Crippen LogP contribution in [0.2, 0.25) is 0 Å². The van der Waals surface area contributed by atoms with Gasteiger partial charge in [-0.3, -0.25) is 9.69 Å². The zero-order valence-electron chi connectivity index (χ0n) is 18.5. The number of Topliss-reactive ketones (excluding diaryl/α,β-unsaturated/α-hetero) is 1. The van der Waals surface area contributed by atoms with Crippen LogP contribution >= 0.6 is 0 Å². The van der Waals surface area contributed by atoms with Crippen molar-refractivity contribution in [2.45, 2.75) is 24.3 Å². The van der Waals surface area contributed by atoms with E-state index in [1.807, 2.05) is 18.2 Å². The molecule has 7 rings (SSSR count). The van der Waals surface area contributed by atoms with Gasteiger partial charge < -0.3 is 0 Å². The highest BCUT2D eigenvalue weighted by Gasteiger charge is 2.63. The molecule has 1 aliphatic heterocycles. The van der Waals surface area contributed by atoms with Gasteiger partial charge in [0.2, 0.25) is 0 Å². The normalized spacial score (nSPS) is 24.1. The monoisotopic (exact) mass is 427 g/mol. The molecule has 0 spiro atoms. The summed E-state index contributed by atoms with van der Waals surface area (Å²) in [6.45, 7) is 1.94. The van der Waals surface area contributed by atoms with Crippen LogP contribution in [-0.4, -0.2) is 23.8 Å². The van der Waals surface area contributed by atoms with E-state index < -0.39 is 5.54 Å². The number of benzene rings is 4. The minimum atomic E-state index is -0.657. The molecule has 2 nitrogen and oxygen atoms in total. The van der Waals surface area contributed by atoms with E-state index in [9.17, 15) is 4.79 Å². The van der Waals surface area contributed by atoms with E-state index in [0.717, 1.165) is 42.6 Å². The summed E-state index contributed by atoms with van der Waals surface area (Å²) in [4.78, 5) is 17.4. The van der Waals surface area contributed by atoms with Gasteiger partial charge in [-0.15, -0.1) is 0 Å². The number of ketones is 1. The van der Waals surface area contributed by atoms with E-state index in [0.29, 0.717) is 0 Å². The maximum Gasteiger partial charge on any atom is 0.189 e. The van der Waals surface area contributed by atoms with Crippen molar-refractivity contribution in [3.8, 4) is 0 Å². The first-order valence-corrected chi connectivity index (χ1v) is 12.0. The molecule has 33 heavy (non-hydrogen) atoms. The number of hydrogen-bond donors (Lipinski definition) is 0. The van der Waals surface area contributed by atoms with Gasteiger partial charge in [0.15, 0.2) is 5.78 Å². The Kier molecular flexibility index (Phi) is 4.04. The Balaban J connectivity index is 1.62. The minimum absolute atomic E-state index is 0.00167. The molecule has 0 saturated carbocycles. The summed E-state index contributed by atoms with van der Waals surface area (Å²) < 4.78 is 0. The fraction of sp³-hybridized carbons (Fsp3) is 0.194. The summed E-state index contributed by atoms with van der Waals surface area (Å²) in [6.07, 6.45) is 2.30. The van der Waals surface area contributed by atoms with Gasteiger partial charge in [-0.2, -0.15) is 0 Å². The van der Waals surface area contributed by atoms with Crippen LogP contribution in [0.3, 0.4) is 0 Å². The van der Waals surface area contributed by atoms with Crippen LogP contribution in [0.5, 0.6) is 0 Å². The molecule has 2 aliphatic carbocycles. The molecule has 2 heteroatoms. The maximum atomic E-state index is 14.9. The van der Waals surface area contributed by atoms with Crippen molar-refractivity contribution in [3.05, 3.63) is 119 Å². The summed E-state index contributed by atoms with van der Waals surface area (Å²) in [6, 6.07) is 34.1. The van der Waals surface area contributed by atoms with E-state index in [1.165, 1.54) is 27.5 Å². The van der Waals surface area contributed by atoms with Gasteiger partial charge in [0.1, 0.15) is 5.54 Å². The lowest BCUT2D eigenvalue weighted by Crippen LogP contribution is -2.50. The van der Waals surface area contributed by atoms with E-state index in [-0.39, 0.29) is 11.7 Å². The van der Waals surface area contributed by atoms with Crippen molar-refractivity contribution in [2.75, 3.05) is 13.1 Å². The molecule has 0 bridgehead atoms. The molecule has 4 aromatic rings. The molecule has 160 valence electrons. The number of hydrogen-bond acceptors (Lipinski definition) is 2. The highest BCUT2D eigenvalue weighted by Crippen LogP contribution is 2.65. The molecule has 1 fully saturated rings. The lowest BCUT2D eigenvalue weighted by atomic mass is 9.77. The van der Waals surface area contributed by atoms with Crippen LogP contribution in [0, 0.1) is 0 Å². The number of carbonyl (C=O) groups excluding carboxylic acids is 1.